The average Bonchev–Trinajstić information content (AvgIpc) is 3.34. The van der Waals surface area contributed by atoms with Gasteiger partial charge in [0.25, 0.3) is 0 Å². The molecule has 12 heteroatoms. The van der Waals surface area contributed by atoms with Gasteiger partial charge >= 0.3 is 18.0 Å². The van der Waals surface area contributed by atoms with Crippen LogP contribution in [0.25, 0.3) is 0 Å². The number of nitrogens with one attached hydrogen (secondary N) is 2. The number of thiophene rings is 1. The molecule has 0 aromatic carbocycles. The van der Waals surface area contributed by atoms with Gasteiger partial charge in [-0.05, 0) is 72.8 Å². The maximum absolute atomic E-state index is 13.6. The van der Waals surface area contributed by atoms with Crippen LogP contribution in [0.4, 0.5) is 4.79 Å². The second-order valence-corrected chi connectivity index (χ2v) is 14.5. The molecule has 0 bridgehead atoms. The molecule has 2 rings (SSSR count). The molecule has 42 heavy (non-hydrogen) atoms. The van der Waals surface area contributed by atoms with Crippen LogP contribution in [0.1, 0.15) is 91.4 Å². The molecule has 1 unspecified atom stereocenters. The van der Waals surface area contributed by atoms with Crippen LogP contribution in [0.15, 0.2) is 17.5 Å². The molecule has 1 fully saturated rings. The van der Waals surface area contributed by atoms with Gasteiger partial charge in [0, 0.05) is 23.7 Å². The van der Waals surface area contributed by atoms with Crippen LogP contribution in [-0.4, -0.2) is 83.5 Å². The lowest BCUT2D eigenvalue weighted by atomic mass is 10.1. The van der Waals surface area contributed by atoms with Crippen LogP contribution in [-0.2, 0) is 28.6 Å². The summed E-state index contributed by atoms with van der Waals surface area (Å²) in [6.45, 7) is 13.6. The Labute approximate surface area is 259 Å². The number of carbonyl (C=O) groups is 4. The van der Waals surface area contributed by atoms with E-state index in [0.717, 1.165) is 30.6 Å². The first kappa shape index (κ1) is 35.9. The summed E-state index contributed by atoms with van der Waals surface area (Å²) in [4.78, 5) is 53.5. The van der Waals surface area contributed by atoms with E-state index < -0.39 is 29.3 Å². The highest BCUT2D eigenvalue weighted by Gasteiger charge is 2.36. The van der Waals surface area contributed by atoms with Gasteiger partial charge in [0.1, 0.15) is 23.8 Å². The molecule has 0 spiro atoms. The summed E-state index contributed by atoms with van der Waals surface area (Å²) in [5.74, 6) is -0.752. The van der Waals surface area contributed by atoms with Crippen molar-refractivity contribution in [2.75, 3.05) is 32.0 Å². The van der Waals surface area contributed by atoms with Gasteiger partial charge in [0.15, 0.2) is 0 Å². The van der Waals surface area contributed by atoms with Crippen molar-refractivity contribution in [3.05, 3.63) is 22.4 Å². The van der Waals surface area contributed by atoms with Crippen LogP contribution < -0.4 is 10.6 Å². The number of esters is 2. The van der Waals surface area contributed by atoms with Gasteiger partial charge < -0.3 is 24.4 Å². The molecule has 2 heterocycles. The molecule has 2 amide bonds. The molecule has 1 aromatic rings. The fourth-order valence-corrected chi connectivity index (χ4v) is 6.60. The first-order valence-electron chi connectivity index (χ1n) is 14.7. The number of nitrogens with zero attached hydrogens (tertiary/aromatic N) is 1. The molecule has 0 aliphatic carbocycles. The van der Waals surface area contributed by atoms with E-state index in [9.17, 15) is 19.2 Å². The number of ether oxygens (including phenoxy) is 3. The van der Waals surface area contributed by atoms with Gasteiger partial charge in [0.05, 0.1) is 17.9 Å². The topological polar surface area (TPSA) is 123 Å². The average molecular weight is 628 g/mol. The Morgan fingerprint density at radius 2 is 1.74 bits per heavy atom. The zero-order valence-corrected chi connectivity index (χ0v) is 27.8. The second-order valence-electron chi connectivity index (χ2n) is 12.3. The number of carbonyl (C=O) groups excluding carboxylic acids is 4. The monoisotopic (exact) mass is 627 g/mol. The predicted octanol–water partition coefficient (Wildman–Crippen LogP) is 5.07. The van der Waals surface area contributed by atoms with Crippen LogP contribution in [0.3, 0.4) is 0 Å². The smallest absolute Gasteiger partial charge is 0.407 e. The van der Waals surface area contributed by atoms with Crippen molar-refractivity contribution < 1.29 is 33.4 Å². The van der Waals surface area contributed by atoms with Crippen molar-refractivity contribution >= 4 is 47.0 Å². The molecule has 0 radical (unpaired) electrons. The van der Waals surface area contributed by atoms with Crippen LogP contribution in [0.5, 0.6) is 0 Å². The summed E-state index contributed by atoms with van der Waals surface area (Å²) in [5, 5.41) is 7.87. The molecule has 1 saturated heterocycles. The molecule has 10 nitrogen and oxygen atoms in total. The quantitative estimate of drug-likeness (QED) is 0.165. The summed E-state index contributed by atoms with van der Waals surface area (Å²) < 4.78 is 16.1. The number of thioether (sulfide) groups is 1. The number of alkyl carbamates (subject to hydrolysis) is 1. The van der Waals surface area contributed by atoms with E-state index in [1.54, 1.807) is 44.4 Å². The van der Waals surface area contributed by atoms with E-state index in [0.29, 0.717) is 18.7 Å². The summed E-state index contributed by atoms with van der Waals surface area (Å²) in [7, 11) is 0. The number of hydrogen-bond donors (Lipinski definition) is 2. The Morgan fingerprint density at radius 3 is 2.36 bits per heavy atom. The largest absolute Gasteiger partial charge is 0.465 e. The minimum absolute atomic E-state index is 0.118. The standard InChI is InChI=1S/C30H49N3O7S2/c1-8-38-27(36)22(14-11-9-10-12-16-31-28(37)40-30(5,6)7)32-24-18-33(19-25(34)39-29(2,3)4)26(35)21(20-42-24)23-15-13-17-41-23/h13,15,17,21-22,24,32H,8-12,14,16,18-20H2,1-7H3,(H,31,37)/t21-,22?,24+/m1/s1. The van der Waals surface area contributed by atoms with Gasteiger partial charge in [-0.2, -0.15) is 0 Å². The Balaban J connectivity index is 1.99. The first-order valence-corrected chi connectivity index (χ1v) is 16.7. The van der Waals surface area contributed by atoms with Crippen LogP contribution in [0.2, 0.25) is 0 Å². The molecule has 3 atom stereocenters. The minimum Gasteiger partial charge on any atom is -0.465 e. The zero-order valence-electron chi connectivity index (χ0n) is 26.2. The summed E-state index contributed by atoms with van der Waals surface area (Å²) >= 11 is 3.10. The third-order valence-electron chi connectivity index (χ3n) is 6.13. The van der Waals surface area contributed by atoms with Gasteiger partial charge in [-0.15, -0.1) is 23.1 Å². The van der Waals surface area contributed by atoms with Crippen molar-refractivity contribution in [1.29, 1.82) is 0 Å². The van der Waals surface area contributed by atoms with E-state index in [1.807, 2.05) is 38.3 Å². The lowest BCUT2D eigenvalue weighted by molar-refractivity contribution is -0.159. The molecular weight excluding hydrogens is 578 g/mol. The van der Waals surface area contributed by atoms with E-state index in [2.05, 4.69) is 10.6 Å². The Bertz CT molecular complexity index is 1010. The van der Waals surface area contributed by atoms with Gasteiger partial charge in [-0.1, -0.05) is 25.3 Å². The maximum atomic E-state index is 13.6. The molecule has 1 aliphatic rings. The first-order chi connectivity index (χ1) is 19.7. The van der Waals surface area contributed by atoms with E-state index in [-0.39, 0.29) is 42.9 Å². The number of amides is 2. The molecule has 2 N–H and O–H groups in total. The van der Waals surface area contributed by atoms with Crippen LogP contribution in [0, 0.1) is 0 Å². The minimum atomic E-state index is -0.660. The van der Waals surface area contributed by atoms with Crippen molar-refractivity contribution in [1.82, 2.24) is 15.5 Å². The third kappa shape index (κ3) is 13.8. The van der Waals surface area contributed by atoms with Crippen molar-refractivity contribution in [2.24, 2.45) is 0 Å². The summed E-state index contributed by atoms with van der Waals surface area (Å²) in [6, 6.07) is 3.32. The van der Waals surface area contributed by atoms with Gasteiger partial charge in [0.2, 0.25) is 5.91 Å². The Hall–Kier alpha value is -2.31. The number of unbranched alkanes of at least 4 members (excludes halogenated alkanes) is 3. The predicted molar refractivity (Wildman–Crippen MR) is 167 cm³/mol. The lowest BCUT2D eigenvalue weighted by Crippen LogP contribution is -2.49. The Kier molecular flexibility index (Phi) is 14.6. The van der Waals surface area contributed by atoms with Crippen LogP contribution >= 0.6 is 23.1 Å². The number of rotatable bonds is 14. The Morgan fingerprint density at radius 1 is 1.05 bits per heavy atom. The van der Waals surface area contributed by atoms with E-state index in [4.69, 9.17) is 14.2 Å². The van der Waals surface area contributed by atoms with Gasteiger partial charge in [-0.25, -0.2) is 4.79 Å². The highest BCUT2D eigenvalue weighted by molar-refractivity contribution is 8.00. The maximum Gasteiger partial charge on any atom is 0.407 e. The van der Waals surface area contributed by atoms with Gasteiger partial charge in [-0.3, -0.25) is 19.7 Å². The normalized spacial score (nSPS) is 18.6. The van der Waals surface area contributed by atoms with E-state index in [1.165, 1.54) is 11.3 Å². The fraction of sp³-hybridized carbons (Fsp3) is 0.733. The lowest BCUT2D eigenvalue weighted by Gasteiger charge is -2.29. The van der Waals surface area contributed by atoms with Crippen molar-refractivity contribution in [2.45, 2.75) is 109 Å². The van der Waals surface area contributed by atoms with Crippen molar-refractivity contribution in [3.63, 3.8) is 0 Å². The second kappa shape index (κ2) is 17.1. The molecule has 1 aliphatic heterocycles. The molecule has 238 valence electrons. The van der Waals surface area contributed by atoms with E-state index >= 15 is 0 Å². The molecule has 0 saturated carbocycles. The molecular formula is C30H49N3O7S2. The number of hydrogen-bond acceptors (Lipinski definition) is 10. The summed E-state index contributed by atoms with van der Waals surface area (Å²) in [5.41, 5.74) is -1.19. The zero-order chi connectivity index (χ0) is 31.3. The fourth-order valence-electron chi connectivity index (χ4n) is 4.38. The highest BCUT2D eigenvalue weighted by atomic mass is 32.2. The highest BCUT2D eigenvalue weighted by Crippen LogP contribution is 2.32. The summed E-state index contributed by atoms with van der Waals surface area (Å²) in [6.07, 6.45) is 3.53. The van der Waals surface area contributed by atoms with Crippen molar-refractivity contribution in [3.8, 4) is 0 Å². The molecule has 1 aromatic heterocycles. The third-order valence-corrected chi connectivity index (χ3v) is 8.33. The SMILES string of the molecule is CCOC(=O)C(CCCCCCNC(=O)OC(C)(C)C)N[C@@H]1CN(CC(=O)OC(C)(C)C)C(=O)[C@@H](c2cccs2)CS1.